The highest BCUT2D eigenvalue weighted by atomic mass is 35.5. The van der Waals surface area contributed by atoms with Crippen molar-refractivity contribution in [3.63, 3.8) is 0 Å². The highest BCUT2D eigenvalue weighted by Crippen LogP contribution is 2.27. The Bertz CT molecular complexity index is 680. The van der Waals surface area contributed by atoms with Gasteiger partial charge in [-0.3, -0.25) is 14.9 Å². The van der Waals surface area contributed by atoms with Crippen LogP contribution in [0.3, 0.4) is 0 Å². The van der Waals surface area contributed by atoms with E-state index in [9.17, 15) is 9.59 Å². The van der Waals surface area contributed by atoms with Gasteiger partial charge in [-0.05, 0) is 36.4 Å². The van der Waals surface area contributed by atoms with Crippen molar-refractivity contribution in [1.82, 2.24) is 5.32 Å². The minimum atomic E-state index is -0.378. The second kappa shape index (κ2) is 4.40. The van der Waals surface area contributed by atoms with E-state index in [2.05, 4.69) is 10.6 Å². The molecule has 2 N–H and O–H groups in total. The van der Waals surface area contributed by atoms with Gasteiger partial charge in [0.15, 0.2) is 0 Å². The van der Waals surface area contributed by atoms with Crippen LogP contribution in [0, 0.1) is 0 Å². The van der Waals surface area contributed by atoms with Gasteiger partial charge in [-0.1, -0.05) is 17.7 Å². The molecule has 4 nitrogen and oxygen atoms in total. The smallest absolute Gasteiger partial charge is 0.261 e. The van der Waals surface area contributed by atoms with E-state index in [4.69, 9.17) is 11.6 Å². The summed E-state index contributed by atoms with van der Waals surface area (Å²) in [5.74, 6) is -0.739. The van der Waals surface area contributed by atoms with Gasteiger partial charge in [0.25, 0.3) is 11.8 Å². The van der Waals surface area contributed by atoms with E-state index in [0.717, 1.165) is 5.69 Å². The zero-order valence-electron chi connectivity index (χ0n) is 9.74. The molecule has 19 heavy (non-hydrogen) atoms. The maximum absolute atomic E-state index is 11.7. The molecule has 0 radical (unpaired) electrons. The second-order valence-corrected chi connectivity index (χ2v) is 4.58. The van der Waals surface area contributed by atoms with Crippen molar-refractivity contribution in [2.75, 3.05) is 5.32 Å². The number of benzene rings is 2. The standard InChI is InChI=1S/C14H9ClN2O2/c15-8-4-6-9(7-5-8)16-11-3-1-2-10-12(11)14(19)17-13(10)18/h1-7,16H,(H,17,18,19). The number of nitrogens with one attached hydrogen (secondary N) is 2. The zero-order chi connectivity index (χ0) is 13.4. The summed E-state index contributed by atoms with van der Waals surface area (Å²) < 4.78 is 0. The van der Waals surface area contributed by atoms with Gasteiger partial charge in [0.1, 0.15) is 0 Å². The molecule has 2 aromatic rings. The average molecular weight is 273 g/mol. The van der Waals surface area contributed by atoms with Crippen molar-refractivity contribution >= 4 is 34.8 Å². The molecule has 0 aliphatic carbocycles. The van der Waals surface area contributed by atoms with Gasteiger partial charge in [0, 0.05) is 10.7 Å². The first-order chi connectivity index (χ1) is 9.15. The topological polar surface area (TPSA) is 58.2 Å². The molecule has 0 saturated carbocycles. The number of imide groups is 1. The summed E-state index contributed by atoms with van der Waals surface area (Å²) in [5, 5.41) is 6.03. The lowest BCUT2D eigenvalue weighted by atomic mass is 10.1. The Balaban J connectivity index is 2.01. The van der Waals surface area contributed by atoms with Gasteiger partial charge >= 0.3 is 0 Å². The molecule has 0 unspecified atom stereocenters. The number of carbonyl (C=O) groups excluding carboxylic acids is 2. The molecule has 3 rings (SSSR count). The van der Waals surface area contributed by atoms with Gasteiger partial charge < -0.3 is 5.32 Å². The average Bonchev–Trinajstić information content (AvgIpc) is 2.69. The summed E-state index contributed by atoms with van der Waals surface area (Å²) in [6.07, 6.45) is 0. The van der Waals surface area contributed by atoms with E-state index in [1.807, 2.05) is 0 Å². The highest BCUT2D eigenvalue weighted by Gasteiger charge is 2.29. The molecule has 0 spiro atoms. The number of hydrogen-bond acceptors (Lipinski definition) is 3. The molecule has 2 amide bonds. The molecule has 5 heteroatoms. The van der Waals surface area contributed by atoms with Crippen molar-refractivity contribution in [3.05, 3.63) is 58.6 Å². The van der Waals surface area contributed by atoms with Crippen LogP contribution in [0.5, 0.6) is 0 Å². The minimum Gasteiger partial charge on any atom is -0.355 e. The largest absolute Gasteiger partial charge is 0.355 e. The second-order valence-electron chi connectivity index (χ2n) is 4.14. The number of fused-ring (bicyclic) bond motifs is 1. The van der Waals surface area contributed by atoms with E-state index in [1.165, 1.54) is 0 Å². The Morgan fingerprint density at radius 1 is 0.947 bits per heavy atom. The van der Waals surface area contributed by atoms with E-state index in [1.54, 1.807) is 42.5 Å². The molecule has 0 atom stereocenters. The fourth-order valence-corrected chi connectivity index (χ4v) is 2.14. The van der Waals surface area contributed by atoms with Gasteiger partial charge in [-0.15, -0.1) is 0 Å². The van der Waals surface area contributed by atoms with Crippen LogP contribution < -0.4 is 10.6 Å². The Labute approximate surface area is 114 Å². The molecule has 94 valence electrons. The number of rotatable bonds is 2. The molecule has 2 aromatic carbocycles. The minimum absolute atomic E-state index is 0.361. The lowest BCUT2D eigenvalue weighted by Gasteiger charge is -2.09. The van der Waals surface area contributed by atoms with Gasteiger partial charge in [-0.25, -0.2) is 0 Å². The summed E-state index contributed by atoms with van der Waals surface area (Å²) in [4.78, 5) is 23.3. The van der Waals surface area contributed by atoms with Crippen LogP contribution in [-0.2, 0) is 0 Å². The van der Waals surface area contributed by atoms with Crippen LogP contribution >= 0.6 is 11.6 Å². The molecule has 0 saturated heterocycles. The Kier molecular flexibility index (Phi) is 2.72. The number of hydrogen-bond donors (Lipinski definition) is 2. The summed E-state index contributed by atoms with van der Waals surface area (Å²) in [6, 6.07) is 12.2. The van der Waals surface area contributed by atoms with Gasteiger partial charge in [0.2, 0.25) is 0 Å². The van der Waals surface area contributed by atoms with E-state index in [-0.39, 0.29) is 11.8 Å². The predicted octanol–water partition coefficient (Wildman–Crippen LogP) is 2.97. The van der Waals surface area contributed by atoms with E-state index < -0.39 is 0 Å². The van der Waals surface area contributed by atoms with Crippen molar-refractivity contribution < 1.29 is 9.59 Å². The number of carbonyl (C=O) groups is 2. The molecular formula is C14H9ClN2O2. The van der Waals surface area contributed by atoms with Crippen LogP contribution in [0.1, 0.15) is 20.7 Å². The van der Waals surface area contributed by atoms with E-state index >= 15 is 0 Å². The molecule has 1 aliphatic rings. The maximum atomic E-state index is 11.7. The molecular weight excluding hydrogens is 264 g/mol. The summed E-state index contributed by atoms with van der Waals surface area (Å²) in [6.45, 7) is 0. The normalized spacial score (nSPS) is 13.1. The van der Waals surface area contributed by atoms with E-state index in [0.29, 0.717) is 21.8 Å². The quantitative estimate of drug-likeness (QED) is 0.827. The van der Waals surface area contributed by atoms with Gasteiger partial charge in [0.05, 0.1) is 16.8 Å². The first-order valence-electron chi connectivity index (χ1n) is 5.66. The van der Waals surface area contributed by atoms with Crippen molar-refractivity contribution in [3.8, 4) is 0 Å². The SMILES string of the molecule is O=C1NC(=O)c2c(Nc3ccc(Cl)cc3)cccc21. The van der Waals surface area contributed by atoms with Crippen molar-refractivity contribution in [2.45, 2.75) is 0 Å². The van der Waals surface area contributed by atoms with Crippen molar-refractivity contribution in [2.24, 2.45) is 0 Å². The third-order valence-electron chi connectivity index (χ3n) is 2.89. The Morgan fingerprint density at radius 2 is 1.68 bits per heavy atom. The van der Waals surface area contributed by atoms with Crippen molar-refractivity contribution in [1.29, 1.82) is 0 Å². The first kappa shape index (κ1) is 11.7. The number of halogens is 1. The predicted molar refractivity (Wildman–Crippen MR) is 73.0 cm³/mol. The zero-order valence-corrected chi connectivity index (χ0v) is 10.5. The monoisotopic (exact) mass is 272 g/mol. The molecule has 0 fully saturated rings. The lowest BCUT2D eigenvalue weighted by molar-refractivity contribution is 0.0880. The van der Waals surface area contributed by atoms with Crippen LogP contribution in [-0.4, -0.2) is 11.8 Å². The van der Waals surface area contributed by atoms with Crippen LogP contribution in [0.2, 0.25) is 5.02 Å². The summed E-state index contributed by atoms with van der Waals surface area (Å²) >= 11 is 5.81. The first-order valence-corrected chi connectivity index (χ1v) is 6.04. The lowest BCUT2D eigenvalue weighted by Crippen LogP contribution is -2.20. The third kappa shape index (κ3) is 2.06. The molecule has 0 bridgehead atoms. The van der Waals surface area contributed by atoms with Gasteiger partial charge in [-0.2, -0.15) is 0 Å². The summed E-state index contributed by atoms with van der Waals surface area (Å²) in [5.41, 5.74) is 2.17. The fourth-order valence-electron chi connectivity index (χ4n) is 2.01. The fraction of sp³-hybridized carbons (Fsp3) is 0. The molecule has 1 heterocycles. The van der Waals surface area contributed by atoms with Crippen LogP contribution in [0.25, 0.3) is 0 Å². The van der Waals surface area contributed by atoms with Crippen LogP contribution in [0.15, 0.2) is 42.5 Å². The highest BCUT2D eigenvalue weighted by molar-refractivity contribution is 6.30. The van der Waals surface area contributed by atoms with Crippen LogP contribution in [0.4, 0.5) is 11.4 Å². The molecule has 0 aromatic heterocycles. The Morgan fingerprint density at radius 3 is 2.42 bits per heavy atom. The Hall–Kier alpha value is -2.33. The summed E-state index contributed by atoms with van der Waals surface area (Å²) in [7, 11) is 0. The third-order valence-corrected chi connectivity index (χ3v) is 3.14. The molecule has 1 aliphatic heterocycles. The number of amides is 2. The number of anilines is 2. The maximum Gasteiger partial charge on any atom is 0.261 e.